The van der Waals surface area contributed by atoms with Gasteiger partial charge in [0.2, 0.25) is 0 Å². The van der Waals surface area contributed by atoms with Gasteiger partial charge in [0.1, 0.15) is 9.75 Å². The van der Waals surface area contributed by atoms with E-state index in [-0.39, 0.29) is 5.97 Å². The average Bonchev–Trinajstić information content (AvgIpc) is 2.98. The third-order valence-corrected chi connectivity index (χ3v) is 5.08. The zero-order valence-corrected chi connectivity index (χ0v) is 14.4. The number of hydrogen-bond donors (Lipinski definition) is 1. The van der Waals surface area contributed by atoms with Crippen LogP contribution in [0.5, 0.6) is 0 Å². The molecule has 0 saturated carbocycles. The standard InChI is InChI=1S/C6H5BrO2S.C5H3BrO2S/c1-9-6(8)5-2-4(7)3-10-5;6-3-1-4(5(7)8)9-2-3/h2-3H,1H3;1-2H,(H,7,8). The predicted molar refractivity (Wildman–Crippen MR) is 82.3 cm³/mol. The van der Waals surface area contributed by atoms with Gasteiger partial charge in [-0.15, -0.1) is 22.7 Å². The molecule has 2 heterocycles. The minimum atomic E-state index is -0.870. The van der Waals surface area contributed by atoms with Gasteiger partial charge >= 0.3 is 11.9 Å². The molecule has 8 heteroatoms. The molecule has 102 valence electrons. The van der Waals surface area contributed by atoms with E-state index >= 15 is 0 Å². The van der Waals surface area contributed by atoms with E-state index in [4.69, 9.17) is 5.11 Å². The molecule has 0 radical (unpaired) electrons. The molecule has 2 rings (SSSR count). The number of ether oxygens (including phenoxy) is 1. The smallest absolute Gasteiger partial charge is 0.348 e. The van der Waals surface area contributed by atoms with E-state index in [0.29, 0.717) is 9.75 Å². The van der Waals surface area contributed by atoms with Gasteiger partial charge in [-0.2, -0.15) is 0 Å². The number of halogens is 2. The van der Waals surface area contributed by atoms with Crippen molar-refractivity contribution in [3.8, 4) is 0 Å². The van der Waals surface area contributed by atoms with Crippen LogP contribution in [0.25, 0.3) is 0 Å². The lowest BCUT2D eigenvalue weighted by Gasteiger charge is -1.90. The number of thiophene rings is 2. The lowest BCUT2D eigenvalue weighted by Crippen LogP contribution is -1.96. The molecule has 0 aliphatic heterocycles. The minimum absolute atomic E-state index is 0.282. The highest BCUT2D eigenvalue weighted by Crippen LogP contribution is 2.20. The monoisotopic (exact) mass is 426 g/mol. The number of carbonyl (C=O) groups excluding carboxylic acids is 1. The Morgan fingerprint density at radius 2 is 1.58 bits per heavy atom. The van der Waals surface area contributed by atoms with E-state index in [1.807, 2.05) is 5.38 Å². The van der Waals surface area contributed by atoms with Gasteiger partial charge in [-0.3, -0.25) is 0 Å². The number of carbonyl (C=O) groups is 2. The molecule has 0 aliphatic rings. The van der Waals surface area contributed by atoms with Crippen molar-refractivity contribution in [3.63, 3.8) is 0 Å². The Morgan fingerprint density at radius 1 is 1.11 bits per heavy atom. The predicted octanol–water partition coefficient (Wildman–Crippen LogP) is 4.51. The summed E-state index contributed by atoms with van der Waals surface area (Å²) in [6.07, 6.45) is 0. The van der Waals surface area contributed by atoms with Crippen molar-refractivity contribution in [2.75, 3.05) is 7.11 Å². The van der Waals surface area contributed by atoms with Crippen LogP contribution < -0.4 is 0 Å². The Balaban J connectivity index is 0.000000191. The van der Waals surface area contributed by atoms with Crippen molar-refractivity contribution in [1.29, 1.82) is 0 Å². The summed E-state index contributed by atoms with van der Waals surface area (Å²) in [4.78, 5) is 22.0. The van der Waals surface area contributed by atoms with E-state index in [1.165, 1.54) is 29.8 Å². The summed E-state index contributed by atoms with van der Waals surface area (Å²) >= 11 is 8.95. The number of carboxylic acid groups (broad SMARTS) is 1. The number of rotatable bonds is 2. The van der Waals surface area contributed by atoms with Gasteiger partial charge < -0.3 is 9.84 Å². The Labute approximate surface area is 134 Å². The van der Waals surface area contributed by atoms with Crippen LogP contribution in [-0.4, -0.2) is 24.2 Å². The maximum Gasteiger partial charge on any atom is 0.348 e. The summed E-state index contributed by atoms with van der Waals surface area (Å²) in [5, 5.41) is 12.0. The molecule has 0 fully saturated rings. The highest BCUT2D eigenvalue weighted by Gasteiger charge is 2.06. The van der Waals surface area contributed by atoms with Gasteiger partial charge in [0.15, 0.2) is 0 Å². The molecule has 4 nitrogen and oxygen atoms in total. The van der Waals surface area contributed by atoms with Crippen LogP contribution in [0, 0.1) is 0 Å². The number of hydrogen-bond acceptors (Lipinski definition) is 5. The normalized spacial score (nSPS) is 9.42. The molecule has 0 amide bonds. The minimum Gasteiger partial charge on any atom is -0.477 e. The van der Waals surface area contributed by atoms with E-state index in [1.54, 1.807) is 17.5 Å². The Morgan fingerprint density at radius 3 is 1.84 bits per heavy atom. The van der Waals surface area contributed by atoms with Gasteiger partial charge in [-0.05, 0) is 44.0 Å². The average molecular weight is 428 g/mol. The zero-order valence-electron chi connectivity index (χ0n) is 9.55. The van der Waals surface area contributed by atoms with E-state index in [9.17, 15) is 9.59 Å². The fourth-order valence-corrected chi connectivity index (χ4v) is 3.55. The van der Waals surface area contributed by atoms with Crippen molar-refractivity contribution in [1.82, 2.24) is 0 Å². The largest absolute Gasteiger partial charge is 0.477 e. The first-order valence-corrected chi connectivity index (χ1v) is 8.08. The third-order valence-electron chi connectivity index (χ3n) is 1.73. The molecule has 0 unspecified atom stereocenters. The second-order valence-corrected chi connectivity index (χ2v) is 6.71. The molecule has 0 aliphatic carbocycles. The van der Waals surface area contributed by atoms with Gasteiger partial charge in [0.25, 0.3) is 0 Å². The van der Waals surface area contributed by atoms with Gasteiger partial charge in [0, 0.05) is 19.7 Å². The topological polar surface area (TPSA) is 63.6 Å². The maximum absolute atomic E-state index is 10.8. The van der Waals surface area contributed by atoms with Crippen LogP contribution >= 0.6 is 54.5 Å². The second-order valence-electron chi connectivity index (χ2n) is 3.06. The van der Waals surface area contributed by atoms with Crippen LogP contribution in [0.15, 0.2) is 31.8 Å². The van der Waals surface area contributed by atoms with Crippen molar-refractivity contribution >= 4 is 66.5 Å². The quantitative estimate of drug-likeness (QED) is 0.716. The number of methoxy groups -OCH3 is 1. The molecule has 0 saturated heterocycles. The fourth-order valence-electron chi connectivity index (χ4n) is 0.946. The lowest BCUT2D eigenvalue weighted by atomic mass is 10.5. The summed E-state index contributed by atoms with van der Waals surface area (Å²) in [7, 11) is 1.37. The zero-order chi connectivity index (χ0) is 14.4. The molecule has 1 N–H and O–H groups in total. The third kappa shape index (κ3) is 5.43. The molecular weight excluding hydrogens is 420 g/mol. The summed E-state index contributed by atoms with van der Waals surface area (Å²) in [5.41, 5.74) is 0. The van der Waals surface area contributed by atoms with Gasteiger partial charge in [-0.25, -0.2) is 9.59 Å². The first kappa shape index (κ1) is 16.4. The Kier molecular flexibility index (Phi) is 6.70. The molecule has 0 spiro atoms. The van der Waals surface area contributed by atoms with Crippen LogP contribution in [0.1, 0.15) is 19.3 Å². The summed E-state index contributed by atoms with van der Waals surface area (Å²) in [6, 6.07) is 3.31. The van der Waals surface area contributed by atoms with Gasteiger partial charge in [0.05, 0.1) is 7.11 Å². The van der Waals surface area contributed by atoms with Crippen molar-refractivity contribution in [2.24, 2.45) is 0 Å². The SMILES string of the molecule is COC(=O)c1cc(Br)cs1.O=C(O)c1cc(Br)cs1. The number of carboxylic acids is 1. The molecule has 2 aromatic heterocycles. The summed E-state index contributed by atoms with van der Waals surface area (Å²) < 4.78 is 6.24. The second kappa shape index (κ2) is 7.78. The van der Waals surface area contributed by atoms with E-state index in [2.05, 4.69) is 36.6 Å². The molecule has 2 aromatic rings. The van der Waals surface area contributed by atoms with Crippen molar-refractivity contribution < 1.29 is 19.4 Å². The maximum atomic E-state index is 10.8. The summed E-state index contributed by atoms with van der Waals surface area (Å²) in [5.74, 6) is -1.15. The number of esters is 1. The van der Waals surface area contributed by atoms with E-state index < -0.39 is 5.97 Å². The van der Waals surface area contributed by atoms with E-state index in [0.717, 1.165) is 8.95 Å². The first-order valence-electron chi connectivity index (χ1n) is 4.73. The van der Waals surface area contributed by atoms with Crippen LogP contribution in [-0.2, 0) is 4.74 Å². The fraction of sp³-hybridized carbons (Fsp3) is 0.0909. The highest BCUT2D eigenvalue weighted by atomic mass is 79.9. The molecular formula is C11H8Br2O4S2. The molecule has 0 aromatic carbocycles. The number of aromatic carboxylic acids is 1. The highest BCUT2D eigenvalue weighted by molar-refractivity contribution is 9.10. The lowest BCUT2D eigenvalue weighted by molar-refractivity contribution is 0.0605. The van der Waals surface area contributed by atoms with Crippen LogP contribution in [0.4, 0.5) is 0 Å². The molecule has 0 bridgehead atoms. The van der Waals surface area contributed by atoms with Crippen molar-refractivity contribution in [2.45, 2.75) is 0 Å². The van der Waals surface area contributed by atoms with Crippen LogP contribution in [0.2, 0.25) is 0 Å². The van der Waals surface area contributed by atoms with Crippen LogP contribution in [0.3, 0.4) is 0 Å². The Hall–Kier alpha value is -0.700. The first-order chi connectivity index (χ1) is 8.93. The van der Waals surface area contributed by atoms with Gasteiger partial charge in [-0.1, -0.05) is 0 Å². The Bertz CT molecular complexity index is 577. The van der Waals surface area contributed by atoms with Crippen molar-refractivity contribution in [3.05, 3.63) is 41.6 Å². The molecule has 19 heavy (non-hydrogen) atoms. The summed E-state index contributed by atoms with van der Waals surface area (Å²) in [6.45, 7) is 0. The molecule has 0 atom stereocenters.